The van der Waals surface area contributed by atoms with Gasteiger partial charge >= 0.3 is 6.03 Å². The number of carbonyl (C=O) groups is 1. The second-order valence-corrected chi connectivity index (χ2v) is 0.402. The molecule has 0 spiro atoms. The predicted octanol–water partition coefficient (Wildman–Crippen LogP) is -0.328. The minimum Gasteiger partial charge on any atom is -0.352 e. The maximum atomic E-state index is 9.00. The van der Waals surface area contributed by atoms with Gasteiger partial charge in [0, 0.05) is 0 Å². The van der Waals surface area contributed by atoms with Gasteiger partial charge in [-0.2, -0.15) is 0 Å². The molecule has 0 bridgehead atoms. The number of primary amides is 2. The van der Waals surface area contributed by atoms with E-state index >= 15 is 0 Å². The van der Waals surface area contributed by atoms with Gasteiger partial charge in [-0.1, -0.05) is 0 Å². The van der Waals surface area contributed by atoms with Crippen LogP contribution in [0.3, 0.4) is 0 Å². The second kappa shape index (κ2) is 35.8. The zero-order valence-corrected chi connectivity index (χ0v) is 4.89. The number of rotatable bonds is 0. The molecule has 0 aromatic rings. The summed E-state index contributed by atoms with van der Waals surface area (Å²) in [5.74, 6) is 0. The number of hydrogen-bond acceptors (Lipinski definition) is 5. The van der Waals surface area contributed by atoms with E-state index in [0.29, 0.717) is 0 Å². The molecule has 7 heteroatoms. The van der Waals surface area contributed by atoms with Crippen molar-refractivity contribution in [2.45, 2.75) is 0 Å². The number of nitrogens with two attached hydrogens (primary N) is 2. The molecular formula is CH16N6O. The van der Waals surface area contributed by atoms with Crippen molar-refractivity contribution in [2.24, 2.45) is 11.5 Å². The Bertz CT molecular complexity index is 31.5. The highest BCUT2D eigenvalue weighted by Gasteiger charge is 1.60. The van der Waals surface area contributed by atoms with Crippen LogP contribution in [-0.4, -0.2) is 6.03 Å². The highest BCUT2D eigenvalue weighted by Crippen LogP contribution is 1.25. The van der Waals surface area contributed by atoms with Gasteiger partial charge in [-0.25, -0.2) is 4.79 Å². The summed E-state index contributed by atoms with van der Waals surface area (Å²) in [6.45, 7) is 0. The highest BCUT2D eigenvalue weighted by atomic mass is 16.2. The second-order valence-electron chi connectivity index (χ2n) is 0.402. The average molecular weight is 128 g/mol. The smallest absolute Gasteiger partial charge is 0.309 e. The summed E-state index contributed by atoms with van der Waals surface area (Å²) in [5.41, 5.74) is 8.50. The van der Waals surface area contributed by atoms with Gasteiger partial charge in [0.05, 0.1) is 0 Å². The third-order valence-electron chi connectivity index (χ3n) is 0. The average Bonchev–Trinajstić information content (AvgIpc) is 0.811. The van der Waals surface area contributed by atoms with E-state index in [1.165, 1.54) is 0 Å². The van der Waals surface area contributed by atoms with Crippen molar-refractivity contribution in [1.82, 2.24) is 24.6 Å². The molecule has 0 aliphatic rings. The van der Waals surface area contributed by atoms with Crippen LogP contribution in [0.2, 0.25) is 0 Å². The van der Waals surface area contributed by atoms with Crippen LogP contribution in [0.15, 0.2) is 0 Å². The van der Waals surface area contributed by atoms with Gasteiger partial charge in [0.2, 0.25) is 0 Å². The fourth-order valence-electron chi connectivity index (χ4n) is 0. The van der Waals surface area contributed by atoms with E-state index < -0.39 is 6.03 Å². The molecule has 56 valence electrons. The topological polar surface area (TPSA) is 209 Å². The molecule has 0 saturated heterocycles. The molecule has 0 aliphatic carbocycles. The van der Waals surface area contributed by atoms with Crippen molar-refractivity contribution < 1.29 is 4.79 Å². The normalized spacial score (nSPS) is 3.00. The van der Waals surface area contributed by atoms with Crippen molar-refractivity contribution in [2.75, 3.05) is 0 Å². The summed E-state index contributed by atoms with van der Waals surface area (Å²) >= 11 is 0. The van der Waals surface area contributed by atoms with E-state index in [-0.39, 0.29) is 24.6 Å². The van der Waals surface area contributed by atoms with Crippen molar-refractivity contribution in [3.63, 3.8) is 0 Å². The van der Waals surface area contributed by atoms with E-state index in [1.807, 2.05) is 0 Å². The Hall–Kier alpha value is -0.890. The van der Waals surface area contributed by atoms with Gasteiger partial charge in [-0.15, -0.1) is 0 Å². The van der Waals surface area contributed by atoms with E-state index in [9.17, 15) is 0 Å². The van der Waals surface area contributed by atoms with Crippen LogP contribution < -0.4 is 36.1 Å². The molecule has 0 heterocycles. The van der Waals surface area contributed by atoms with Crippen LogP contribution in [0, 0.1) is 0 Å². The van der Waals surface area contributed by atoms with Crippen LogP contribution in [0.1, 0.15) is 0 Å². The monoisotopic (exact) mass is 128 g/mol. The van der Waals surface area contributed by atoms with E-state index in [0.717, 1.165) is 0 Å². The molecule has 8 heavy (non-hydrogen) atoms. The maximum absolute atomic E-state index is 9.00. The molecule has 0 saturated carbocycles. The molecule has 0 aromatic heterocycles. The third kappa shape index (κ3) is 109. The van der Waals surface area contributed by atoms with Crippen molar-refractivity contribution >= 4 is 6.03 Å². The first-order chi connectivity index (χ1) is 1.73. The summed E-state index contributed by atoms with van der Waals surface area (Å²) in [7, 11) is 0. The summed E-state index contributed by atoms with van der Waals surface area (Å²) in [5, 5.41) is 0. The van der Waals surface area contributed by atoms with Gasteiger partial charge in [0.15, 0.2) is 0 Å². The Morgan fingerprint density at radius 3 is 0.875 bits per heavy atom. The van der Waals surface area contributed by atoms with Crippen molar-refractivity contribution in [1.29, 1.82) is 0 Å². The summed E-state index contributed by atoms with van der Waals surface area (Å²) in [4.78, 5) is 9.00. The molecule has 0 fully saturated rings. The molecule has 0 rings (SSSR count). The van der Waals surface area contributed by atoms with Gasteiger partial charge in [-0.05, 0) is 0 Å². The lowest BCUT2D eigenvalue weighted by Gasteiger charge is -1.62. The Balaban J connectivity index is -0.00000000750. The third-order valence-corrected chi connectivity index (χ3v) is 0. The lowest BCUT2D eigenvalue weighted by molar-refractivity contribution is 0.256. The largest absolute Gasteiger partial charge is 0.352 e. The Morgan fingerprint density at radius 1 is 0.875 bits per heavy atom. The van der Waals surface area contributed by atoms with Crippen LogP contribution >= 0.6 is 0 Å². The van der Waals surface area contributed by atoms with Gasteiger partial charge < -0.3 is 36.1 Å². The lowest BCUT2D eigenvalue weighted by atomic mass is 11.2. The zero-order valence-electron chi connectivity index (χ0n) is 4.89. The summed E-state index contributed by atoms with van der Waals surface area (Å²) < 4.78 is 0. The van der Waals surface area contributed by atoms with Crippen LogP contribution in [-0.2, 0) is 0 Å². The first-order valence-electron chi connectivity index (χ1n) is 0.781. The van der Waals surface area contributed by atoms with Crippen LogP contribution in [0.25, 0.3) is 0 Å². The fourth-order valence-corrected chi connectivity index (χ4v) is 0. The van der Waals surface area contributed by atoms with Crippen molar-refractivity contribution in [3.8, 4) is 0 Å². The van der Waals surface area contributed by atoms with Crippen LogP contribution in [0.5, 0.6) is 0 Å². The number of urea groups is 1. The van der Waals surface area contributed by atoms with Crippen LogP contribution in [0.4, 0.5) is 4.79 Å². The first kappa shape index (κ1) is 59.6. The fraction of sp³-hybridized carbons (Fsp3) is 0. The van der Waals surface area contributed by atoms with E-state index in [2.05, 4.69) is 11.5 Å². The van der Waals surface area contributed by atoms with Gasteiger partial charge in [0.25, 0.3) is 0 Å². The zero-order chi connectivity index (χ0) is 3.58. The maximum Gasteiger partial charge on any atom is 0.309 e. The van der Waals surface area contributed by atoms with Crippen molar-refractivity contribution in [3.05, 3.63) is 0 Å². The Kier molecular flexibility index (Phi) is 267. The minimum absolute atomic E-state index is 0. The summed E-state index contributed by atoms with van der Waals surface area (Å²) in [6.07, 6.45) is 0. The molecule has 7 nitrogen and oxygen atoms in total. The Morgan fingerprint density at radius 2 is 0.875 bits per heavy atom. The molecule has 16 N–H and O–H groups in total. The molecule has 0 unspecified atom stereocenters. The molecular weight excluding hydrogens is 112 g/mol. The standard InChI is InChI=1S/CH4N2O.4H3N/c2-1(3)4;;;;/h(H4,2,3,4);4*1H3. The molecule has 0 radical (unpaired) electrons. The quantitative estimate of drug-likeness (QED) is 0.258. The lowest BCUT2D eigenvalue weighted by Crippen LogP contribution is -2.18. The number of amides is 2. The van der Waals surface area contributed by atoms with Gasteiger partial charge in [-0.3, -0.25) is 0 Å². The minimum atomic E-state index is -0.833. The van der Waals surface area contributed by atoms with Gasteiger partial charge in [0.1, 0.15) is 0 Å². The molecule has 2 amide bonds. The molecule has 0 aliphatic heterocycles. The molecule has 0 atom stereocenters. The first-order valence-corrected chi connectivity index (χ1v) is 0.781. The number of hydrogen-bond donors (Lipinski definition) is 6. The SMILES string of the molecule is N.N.N.N.NC(N)=O. The molecule has 0 aromatic carbocycles. The Labute approximate surface area is 48.1 Å². The highest BCUT2D eigenvalue weighted by molar-refractivity contribution is 5.69. The summed E-state index contributed by atoms with van der Waals surface area (Å²) in [6, 6.07) is -0.833. The van der Waals surface area contributed by atoms with E-state index in [1.54, 1.807) is 0 Å². The predicted molar refractivity (Wildman–Crippen MR) is 33.9 cm³/mol. The van der Waals surface area contributed by atoms with E-state index in [4.69, 9.17) is 4.79 Å². The number of carbonyl (C=O) groups excluding carboxylic acids is 1.